The molecule has 0 aliphatic heterocycles. The van der Waals surface area contributed by atoms with Gasteiger partial charge in [-0.3, -0.25) is 19.1 Å². The zero-order chi connectivity index (χ0) is 29.2. The molecule has 0 unspecified atom stereocenters. The molecule has 2 atom stereocenters. The number of hydrogen-bond donors (Lipinski definition) is 1. The van der Waals surface area contributed by atoms with E-state index in [2.05, 4.69) is 10.3 Å². The molecule has 9 heteroatoms. The Morgan fingerprint density at radius 3 is 2.44 bits per heavy atom. The van der Waals surface area contributed by atoms with Gasteiger partial charge in [0.2, 0.25) is 5.91 Å². The first-order valence-corrected chi connectivity index (χ1v) is 13.8. The van der Waals surface area contributed by atoms with Crippen molar-refractivity contribution in [3.63, 3.8) is 0 Å². The molecule has 0 bridgehead atoms. The van der Waals surface area contributed by atoms with Crippen LogP contribution in [0.2, 0.25) is 5.02 Å². The first kappa shape index (κ1) is 27.3. The maximum atomic E-state index is 16.2. The topological polar surface area (TPSA) is 64.0 Å². The minimum atomic E-state index is -0.883. The Kier molecular flexibility index (Phi) is 6.57. The molecule has 2 heterocycles. The summed E-state index contributed by atoms with van der Waals surface area (Å²) < 4.78 is 46.3. The van der Waals surface area contributed by atoms with Crippen molar-refractivity contribution in [1.82, 2.24) is 9.55 Å². The van der Waals surface area contributed by atoms with Gasteiger partial charge in [-0.1, -0.05) is 36.7 Å². The maximum absolute atomic E-state index is 16.2. The van der Waals surface area contributed by atoms with E-state index >= 15 is 8.78 Å². The second kappa shape index (κ2) is 9.87. The average molecular weight is 578 g/mol. The molecule has 41 heavy (non-hydrogen) atoms. The predicted octanol–water partition coefficient (Wildman–Crippen LogP) is 7.60. The van der Waals surface area contributed by atoms with Crippen molar-refractivity contribution in [2.45, 2.75) is 51.9 Å². The molecular formula is C32H27ClF3N3O2. The fraction of sp³-hybridized carbons (Fsp3) is 0.281. The Morgan fingerprint density at radius 1 is 1.05 bits per heavy atom. The average Bonchev–Trinajstić information content (AvgIpc) is 3.87. The second-order valence-electron chi connectivity index (χ2n) is 11.3. The molecule has 0 radical (unpaired) electrons. The second-order valence-corrected chi connectivity index (χ2v) is 11.7. The Bertz CT molecular complexity index is 1780. The molecule has 2 aliphatic carbocycles. The number of halogens is 4. The van der Waals surface area contributed by atoms with Crippen molar-refractivity contribution >= 4 is 23.2 Å². The van der Waals surface area contributed by atoms with E-state index in [1.807, 2.05) is 0 Å². The van der Waals surface area contributed by atoms with E-state index < -0.39 is 22.6 Å². The number of carbonyl (C=O) groups is 1. The normalized spacial score (nSPS) is 18.7. The van der Waals surface area contributed by atoms with Crippen molar-refractivity contribution in [1.29, 1.82) is 0 Å². The van der Waals surface area contributed by atoms with Crippen molar-refractivity contribution in [2.75, 3.05) is 5.32 Å². The van der Waals surface area contributed by atoms with Crippen molar-refractivity contribution < 1.29 is 18.0 Å². The van der Waals surface area contributed by atoms with Gasteiger partial charge in [-0.2, -0.15) is 0 Å². The maximum Gasteiger partial charge on any atom is 0.274 e. The van der Waals surface area contributed by atoms with Crippen LogP contribution >= 0.6 is 11.6 Å². The van der Waals surface area contributed by atoms with Gasteiger partial charge in [-0.25, -0.2) is 13.2 Å². The van der Waals surface area contributed by atoms with Crippen LogP contribution in [-0.4, -0.2) is 15.5 Å². The zero-order valence-electron chi connectivity index (χ0n) is 22.7. The highest BCUT2D eigenvalue weighted by atomic mass is 35.5. The molecule has 2 aromatic carbocycles. The highest BCUT2D eigenvalue weighted by Crippen LogP contribution is 2.56. The lowest BCUT2D eigenvalue weighted by molar-refractivity contribution is -0.120. The smallest absolute Gasteiger partial charge is 0.274 e. The predicted molar refractivity (Wildman–Crippen MR) is 152 cm³/mol. The molecule has 2 saturated carbocycles. The number of amides is 1. The molecule has 2 fully saturated rings. The molecule has 2 aromatic heterocycles. The van der Waals surface area contributed by atoms with Crippen LogP contribution in [0.15, 0.2) is 59.5 Å². The van der Waals surface area contributed by atoms with Crippen LogP contribution in [0.1, 0.15) is 60.4 Å². The lowest BCUT2D eigenvalue weighted by atomic mass is 10.0. The van der Waals surface area contributed by atoms with Gasteiger partial charge >= 0.3 is 0 Å². The first-order valence-electron chi connectivity index (χ1n) is 13.4. The molecule has 6 rings (SSSR count). The summed E-state index contributed by atoms with van der Waals surface area (Å²) in [5.74, 6) is -2.22. The van der Waals surface area contributed by atoms with E-state index in [0.717, 1.165) is 24.8 Å². The molecule has 210 valence electrons. The number of carbonyl (C=O) groups excluding carboxylic acids is 1. The lowest BCUT2D eigenvalue weighted by Crippen LogP contribution is -2.24. The number of anilines is 1. The van der Waals surface area contributed by atoms with Crippen LogP contribution in [0.5, 0.6) is 0 Å². The third-order valence-electron chi connectivity index (χ3n) is 8.30. The Morgan fingerprint density at radius 2 is 1.76 bits per heavy atom. The molecule has 1 N–H and O–H groups in total. The summed E-state index contributed by atoms with van der Waals surface area (Å²) in [6.07, 6.45) is 3.58. The quantitative estimate of drug-likeness (QED) is 0.257. The van der Waals surface area contributed by atoms with Crippen molar-refractivity contribution in [3.05, 3.63) is 110 Å². The van der Waals surface area contributed by atoms with Crippen molar-refractivity contribution in [2.24, 2.45) is 5.41 Å². The first-order chi connectivity index (χ1) is 19.5. The Labute approximate surface area is 240 Å². The molecule has 2 aliphatic rings. The number of hydrogen-bond acceptors (Lipinski definition) is 3. The van der Waals surface area contributed by atoms with E-state index in [-0.39, 0.29) is 51.2 Å². The number of aromatic nitrogens is 2. The monoisotopic (exact) mass is 577 g/mol. The van der Waals surface area contributed by atoms with Crippen LogP contribution in [0.3, 0.4) is 0 Å². The molecule has 1 amide bonds. The number of benzene rings is 2. The van der Waals surface area contributed by atoms with Crippen LogP contribution in [0, 0.1) is 36.7 Å². The van der Waals surface area contributed by atoms with E-state index in [1.165, 1.54) is 41.1 Å². The third-order valence-corrected chi connectivity index (χ3v) is 8.68. The number of aryl methyl sites for hydroxylation is 2. The number of rotatable bonds is 6. The van der Waals surface area contributed by atoms with Gasteiger partial charge in [0.15, 0.2) is 11.6 Å². The molecule has 4 aromatic rings. The molecule has 0 saturated heterocycles. The van der Waals surface area contributed by atoms with Crippen molar-refractivity contribution in [3.8, 4) is 16.9 Å². The fourth-order valence-corrected chi connectivity index (χ4v) is 5.70. The van der Waals surface area contributed by atoms with E-state index in [4.69, 9.17) is 11.6 Å². The van der Waals surface area contributed by atoms with E-state index in [1.54, 1.807) is 39.0 Å². The summed E-state index contributed by atoms with van der Waals surface area (Å²) in [4.78, 5) is 30.3. The van der Waals surface area contributed by atoms with Gasteiger partial charge in [-0.05, 0) is 92.0 Å². The summed E-state index contributed by atoms with van der Waals surface area (Å²) in [5, 5.41) is 2.59. The zero-order valence-corrected chi connectivity index (χ0v) is 23.5. The van der Waals surface area contributed by atoms with Gasteiger partial charge in [0.25, 0.3) is 5.56 Å². The van der Waals surface area contributed by atoms with Gasteiger partial charge in [0.05, 0.1) is 11.4 Å². The highest BCUT2D eigenvalue weighted by molar-refractivity contribution is 6.31. The summed E-state index contributed by atoms with van der Waals surface area (Å²) in [7, 11) is 0. The summed E-state index contributed by atoms with van der Waals surface area (Å²) in [6, 6.07) is 12.3. The standard InChI is InChI=1S/C32H27ClF3N3O2/c1-16-15-37-28(20-5-4-6-24(26(20)35)38-31(41)32(3)11-12-32)27(36)29(16)39-17(2)13-23(25(33)30(39)40)22-14-21(22)18-7-9-19(34)10-8-18/h4-10,13,15,21-22H,11-12,14H2,1-3H3,(H,38,41)/t21-,22+/m1/s1. The van der Waals surface area contributed by atoms with Crippen LogP contribution in [0.25, 0.3) is 16.9 Å². The van der Waals surface area contributed by atoms with Gasteiger partial charge in [0.1, 0.15) is 16.5 Å². The summed E-state index contributed by atoms with van der Waals surface area (Å²) in [5.41, 5.74) is 0.753. The highest BCUT2D eigenvalue weighted by Gasteiger charge is 2.45. The summed E-state index contributed by atoms with van der Waals surface area (Å²) in [6.45, 7) is 5.10. The van der Waals surface area contributed by atoms with Gasteiger partial charge < -0.3 is 5.32 Å². The van der Waals surface area contributed by atoms with E-state index in [9.17, 15) is 14.0 Å². The van der Waals surface area contributed by atoms with Gasteiger partial charge in [0, 0.05) is 22.9 Å². The fourth-order valence-electron chi connectivity index (χ4n) is 5.43. The largest absolute Gasteiger partial charge is 0.323 e. The van der Waals surface area contributed by atoms with E-state index in [0.29, 0.717) is 16.8 Å². The summed E-state index contributed by atoms with van der Waals surface area (Å²) >= 11 is 6.60. The van der Waals surface area contributed by atoms with Gasteiger partial charge in [-0.15, -0.1) is 0 Å². The minimum absolute atomic E-state index is 0.0158. The number of nitrogens with one attached hydrogen (secondary N) is 1. The molecule has 5 nitrogen and oxygen atoms in total. The minimum Gasteiger partial charge on any atom is -0.323 e. The SMILES string of the molecule is Cc1cnc(-c2cccc(NC(=O)C3(C)CC3)c2F)c(F)c1-n1c(C)cc([C@H]2C[C@@H]2c2ccc(F)cc2)c(Cl)c1=O. The number of nitrogens with zero attached hydrogens (tertiary/aromatic N) is 2. The third kappa shape index (κ3) is 4.74. The molecule has 0 spiro atoms. The lowest BCUT2D eigenvalue weighted by Gasteiger charge is -2.18. The Balaban J connectivity index is 1.38. The molecular weight excluding hydrogens is 551 g/mol. The number of pyridine rings is 2. The van der Waals surface area contributed by atoms with Crippen LogP contribution in [0.4, 0.5) is 18.9 Å². The Hall–Kier alpha value is -3.91. The van der Waals surface area contributed by atoms with Crippen LogP contribution < -0.4 is 10.9 Å². The van der Waals surface area contributed by atoms with Crippen LogP contribution in [-0.2, 0) is 4.79 Å².